The van der Waals surface area contributed by atoms with Crippen LogP contribution in [0.4, 0.5) is 5.69 Å². The standard InChI is InChI=1S/C15H19N3O/c1-10-5-4-6-13(11(10)2)18(3)9-14-16-15(19-17-14)12-7-8-12/h4-6,12H,7-9H2,1-3H3. The molecule has 1 saturated carbocycles. The molecule has 1 fully saturated rings. The van der Waals surface area contributed by atoms with Crippen LogP contribution >= 0.6 is 0 Å². The van der Waals surface area contributed by atoms with Crippen molar-refractivity contribution in [3.8, 4) is 0 Å². The van der Waals surface area contributed by atoms with Crippen LogP contribution in [0.25, 0.3) is 0 Å². The average Bonchev–Trinajstić information content (AvgIpc) is 3.14. The Morgan fingerprint density at radius 2 is 2.11 bits per heavy atom. The number of aryl methyl sites for hydroxylation is 1. The van der Waals surface area contributed by atoms with Crippen molar-refractivity contribution in [2.45, 2.75) is 39.2 Å². The third kappa shape index (κ3) is 2.48. The summed E-state index contributed by atoms with van der Waals surface area (Å²) in [5.41, 5.74) is 3.82. The van der Waals surface area contributed by atoms with Crippen LogP contribution in [0, 0.1) is 13.8 Å². The van der Waals surface area contributed by atoms with E-state index in [0.717, 1.165) is 11.7 Å². The van der Waals surface area contributed by atoms with Gasteiger partial charge >= 0.3 is 0 Å². The maximum absolute atomic E-state index is 5.29. The summed E-state index contributed by atoms with van der Waals surface area (Å²) in [6.07, 6.45) is 2.38. The van der Waals surface area contributed by atoms with E-state index in [-0.39, 0.29) is 0 Å². The molecule has 1 aliphatic rings. The molecule has 4 nitrogen and oxygen atoms in total. The summed E-state index contributed by atoms with van der Waals surface area (Å²) in [5.74, 6) is 2.10. The quantitative estimate of drug-likeness (QED) is 0.843. The Balaban J connectivity index is 1.76. The lowest BCUT2D eigenvalue weighted by atomic mass is 10.1. The zero-order valence-corrected chi connectivity index (χ0v) is 11.7. The number of hydrogen-bond acceptors (Lipinski definition) is 4. The van der Waals surface area contributed by atoms with Crippen molar-refractivity contribution >= 4 is 5.69 Å². The second kappa shape index (κ2) is 4.68. The third-order valence-corrected chi connectivity index (χ3v) is 3.78. The van der Waals surface area contributed by atoms with Crippen molar-refractivity contribution in [1.29, 1.82) is 0 Å². The zero-order chi connectivity index (χ0) is 13.4. The molecule has 0 unspecified atom stereocenters. The summed E-state index contributed by atoms with van der Waals surface area (Å²) in [6.45, 7) is 4.96. The molecular formula is C15H19N3O. The summed E-state index contributed by atoms with van der Waals surface area (Å²) >= 11 is 0. The van der Waals surface area contributed by atoms with E-state index in [9.17, 15) is 0 Å². The lowest BCUT2D eigenvalue weighted by Gasteiger charge is -2.20. The largest absolute Gasteiger partial charge is 0.367 e. The van der Waals surface area contributed by atoms with E-state index in [1.54, 1.807) is 0 Å². The van der Waals surface area contributed by atoms with Gasteiger partial charge in [0.1, 0.15) is 0 Å². The van der Waals surface area contributed by atoms with Crippen LogP contribution < -0.4 is 4.90 Å². The van der Waals surface area contributed by atoms with Gasteiger partial charge in [0.25, 0.3) is 0 Å². The van der Waals surface area contributed by atoms with Crippen LogP contribution in [-0.4, -0.2) is 17.2 Å². The van der Waals surface area contributed by atoms with Gasteiger partial charge in [0, 0.05) is 18.7 Å². The summed E-state index contributed by atoms with van der Waals surface area (Å²) < 4.78 is 5.29. The lowest BCUT2D eigenvalue weighted by Crippen LogP contribution is -2.18. The molecular weight excluding hydrogens is 238 g/mol. The molecule has 3 rings (SSSR count). The predicted molar refractivity (Wildman–Crippen MR) is 74.3 cm³/mol. The van der Waals surface area contributed by atoms with Crippen LogP contribution in [-0.2, 0) is 6.54 Å². The molecule has 0 bridgehead atoms. The van der Waals surface area contributed by atoms with E-state index in [0.29, 0.717) is 12.5 Å². The van der Waals surface area contributed by atoms with E-state index in [1.165, 1.54) is 29.7 Å². The second-order valence-electron chi connectivity index (χ2n) is 5.40. The molecule has 0 aliphatic heterocycles. The fourth-order valence-electron chi connectivity index (χ4n) is 2.27. The highest BCUT2D eigenvalue weighted by molar-refractivity contribution is 5.55. The molecule has 0 N–H and O–H groups in total. The van der Waals surface area contributed by atoms with Crippen molar-refractivity contribution in [3.05, 3.63) is 41.0 Å². The molecule has 2 aromatic rings. The highest BCUT2D eigenvalue weighted by Gasteiger charge is 2.29. The first-order valence-corrected chi connectivity index (χ1v) is 6.75. The van der Waals surface area contributed by atoms with Crippen molar-refractivity contribution in [2.75, 3.05) is 11.9 Å². The van der Waals surface area contributed by atoms with Gasteiger partial charge in [0.2, 0.25) is 5.89 Å². The van der Waals surface area contributed by atoms with E-state index < -0.39 is 0 Å². The monoisotopic (exact) mass is 257 g/mol. The van der Waals surface area contributed by atoms with E-state index in [1.807, 2.05) is 0 Å². The lowest BCUT2D eigenvalue weighted by molar-refractivity contribution is 0.374. The van der Waals surface area contributed by atoms with Crippen LogP contribution in [0.3, 0.4) is 0 Å². The molecule has 4 heteroatoms. The summed E-state index contributed by atoms with van der Waals surface area (Å²) in [7, 11) is 2.06. The van der Waals surface area contributed by atoms with Gasteiger partial charge in [-0.05, 0) is 43.9 Å². The van der Waals surface area contributed by atoms with Gasteiger partial charge in [-0.3, -0.25) is 0 Å². The number of hydrogen-bond donors (Lipinski definition) is 0. The molecule has 0 radical (unpaired) electrons. The van der Waals surface area contributed by atoms with Crippen LogP contribution in [0.5, 0.6) is 0 Å². The van der Waals surface area contributed by atoms with Crippen molar-refractivity contribution in [1.82, 2.24) is 10.1 Å². The van der Waals surface area contributed by atoms with Crippen molar-refractivity contribution in [3.63, 3.8) is 0 Å². The van der Waals surface area contributed by atoms with Gasteiger partial charge in [-0.15, -0.1) is 0 Å². The fraction of sp³-hybridized carbons (Fsp3) is 0.467. The van der Waals surface area contributed by atoms with Crippen LogP contribution in [0.2, 0.25) is 0 Å². The Hall–Kier alpha value is -1.84. The fourth-order valence-corrected chi connectivity index (χ4v) is 2.27. The minimum absolute atomic E-state index is 0.521. The number of aromatic nitrogens is 2. The smallest absolute Gasteiger partial charge is 0.229 e. The normalized spacial score (nSPS) is 14.7. The number of nitrogens with zero attached hydrogens (tertiary/aromatic N) is 3. The highest BCUT2D eigenvalue weighted by atomic mass is 16.5. The molecule has 1 aromatic heterocycles. The molecule has 1 aromatic carbocycles. The third-order valence-electron chi connectivity index (χ3n) is 3.78. The van der Waals surface area contributed by atoms with Crippen LogP contribution in [0.15, 0.2) is 22.7 Å². The number of benzene rings is 1. The second-order valence-corrected chi connectivity index (χ2v) is 5.40. The van der Waals surface area contributed by atoms with E-state index in [4.69, 9.17) is 4.52 Å². The Morgan fingerprint density at radius 1 is 1.32 bits per heavy atom. The first kappa shape index (κ1) is 12.2. The molecule has 0 spiro atoms. The highest BCUT2D eigenvalue weighted by Crippen LogP contribution is 2.38. The zero-order valence-electron chi connectivity index (χ0n) is 11.7. The summed E-state index contributed by atoms with van der Waals surface area (Å²) in [6, 6.07) is 6.34. The number of rotatable bonds is 4. The van der Waals surface area contributed by atoms with Gasteiger partial charge < -0.3 is 9.42 Å². The first-order chi connectivity index (χ1) is 9.15. The van der Waals surface area contributed by atoms with Gasteiger partial charge in [0.05, 0.1) is 6.54 Å². The van der Waals surface area contributed by atoms with Crippen LogP contribution in [0.1, 0.15) is 41.6 Å². The predicted octanol–water partition coefficient (Wildman–Crippen LogP) is 3.20. The topological polar surface area (TPSA) is 42.2 Å². The van der Waals surface area contributed by atoms with Crippen molar-refractivity contribution < 1.29 is 4.52 Å². The molecule has 1 aliphatic carbocycles. The minimum Gasteiger partial charge on any atom is -0.367 e. The minimum atomic E-state index is 0.521. The maximum Gasteiger partial charge on any atom is 0.229 e. The van der Waals surface area contributed by atoms with E-state index in [2.05, 4.69) is 54.1 Å². The molecule has 1 heterocycles. The summed E-state index contributed by atoms with van der Waals surface area (Å²) in [4.78, 5) is 6.64. The van der Waals surface area contributed by atoms with Gasteiger partial charge in [-0.1, -0.05) is 17.3 Å². The Labute approximate surface area is 113 Å². The molecule has 100 valence electrons. The molecule has 0 saturated heterocycles. The summed E-state index contributed by atoms with van der Waals surface area (Å²) in [5, 5.41) is 4.07. The molecule has 0 amide bonds. The molecule has 0 atom stereocenters. The van der Waals surface area contributed by atoms with Gasteiger partial charge in [-0.2, -0.15) is 4.98 Å². The average molecular weight is 257 g/mol. The Morgan fingerprint density at radius 3 is 2.84 bits per heavy atom. The SMILES string of the molecule is Cc1cccc(N(C)Cc2noc(C3CC3)n2)c1C. The van der Waals surface area contributed by atoms with Crippen molar-refractivity contribution in [2.24, 2.45) is 0 Å². The Kier molecular flexibility index (Phi) is 3.01. The number of anilines is 1. The van der Waals surface area contributed by atoms with Gasteiger partial charge in [-0.25, -0.2) is 0 Å². The maximum atomic E-state index is 5.29. The molecule has 19 heavy (non-hydrogen) atoms. The Bertz CT molecular complexity index is 587. The first-order valence-electron chi connectivity index (χ1n) is 6.75. The van der Waals surface area contributed by atoms with E-state index >= 15 is 0 Å². The van der Waals surface area contributed by atoms with Gasteiger partial charge in [0.15, 0.2) is 5.82 Å².